The van der Waals surface area contributed by atoms with Crippen LogP contribution in [0.3, 0.4) is 0 Å². The van der Waals surface area contributed by atoms with E-state index in [1.54, 1.807) is 24.3 Å². The number of hydrogen-bond acceptors (Lipinski definition) is 8. The Hall–Kier alpha value is -3.82. The van der Waals surface area contributed by atoms with Crippen molar-refractivity contribution in [1.29, 1.82) is 0 Å². The molecule has 0 aliphatic rings. The van der Waals surface area contributed by atoms with Crippen LogP contribution in [0, 0.1) is 20.2 Å². The van der Waals surface area contributed by atoms with Gasteiger partial charge >= 0.3 is 11.7 Å². The van der Waals surface area contributed by atoms with Crippen LogP contribution >= 0.6 is 0 Å². The number of hydrogen-bond donors (Lipinski definition) is 1. The molecule has 0 spiro atoms. The largest absolute Gasteiger partial charge is 0.469 e. The molecule has 0 saturated carbocycles. The van der Waals surface area contributed by atoms with Crippen LogP contribution in [0.4, 0.5) is 17.1 Å². The van der Waals surface area contributed by atoms with Crippen molar-refractivity contribution in [3.63, 3.8) is 0 Å². The van der Waals surface area contributed by atoms with Gasteiger partial charge in [0, 0.05) is 18.7 Å². The first-order chi connectivity index (χ1) is 12.9. The molecule has 140 valence electrons. The molecule has 27 heavy (non-hydrogen) atoms. The predicted octanol–water partition coefficient (Wildman–Crippen LogP) is 3.25. The summed E-state index contributed by atoms with van der Waals surface area (Å²) in [5.41, 5.74) is 2.35. The number of nitrogens with zero attached hydrogens (tertiary/aromatic N) is 3. The number of esters is 1. The molecule has 2 rings (SSSR count). The molecule has 1 N–H and O–H groups in total. The van der Waals surface area contributed by atoms with Gasteiger partial charge in [0.25, 0.3) is 5.69 Å². The van der Waals surface area contributed by atoms with E-state index >= 15 is 0 Å². The first-order valence-electron chi connectivity index (χ1n) is 7.77. The predicted molar refractivity (Wildman–Crippen MR) is 97.7 cm³/mol. The number of ether oxygens (including phenoxy) is 1. The van der Waals surface area contributed by atoms with Crippen LogP contribution in [0.5, 0.6) is 0 Å². The number of hydrazone groups is 1. The third-order valence-corrected chi connectivity index (χ3v) is 3.69. The van der Waals surface area contributed by atoms with Gasteiger partial charge in [0.2, 0.25) is 0 Å². The zero-order chi connectivity index (χ0) is 19.8. The fourth-order valence-corrected chi connectivity index (χ4v) is 2.35. The van der Waals surface area contributed by atoms with Crippen LogP contribution in [0.2, 0.25) is 0 Å². The maximum Gasteiger partial charge on any atom is 0.313 e. The summed E-state index contributed by atoms with van der Waals surface area (Å²) >= 11 is 0. The molecule has 1 unspecified atom stereocenters. The van der Waals surface area contributed by atoms with Crippen molar-refractivity contribution in [1.82, 2.24) is 0 Å². The molecule has 0 bridgehead atoms. The lowest BCUT2D eigenvalue weighted by atomic mass is 9.96. The quantitative estimate of drug-likeness (QED) is 0.325. The summed E-state index contributed by atoms with van der Waals surface area (Å²) in [6, 6.07) is 12.1. The number of carbonyl (C=O) groups excluding carboxylic acids is 1. The highest BCUT2D eigenvalue weighted by Gasteiger charge is 2.21. The average molecular weight is 372 g/mol. The van der Waals surface area contributed by atoms with E-state index in [4.69, 9.17) is 4.74 Å². The van der Waals surface area contributed by atoms with Gasteiger partial charge in [-0.2, -0.15) is 5.10 Å². The van der Waals surface area contributed by atoms with E-state index in [2.05, 4.69) is 10.5 Å². The second-order valence-corrected chi connectivity index (χ2v) is 5.36. The number of benzene rings is 2. The van der Waals surface area contributed by atoms with E-state index in [9.17, 15) is 25.0 Å². The lowest BCUT2D eigenvalue weighted by Crippen LogP contribution is -2.15. The monoisotopic (exact) mass is 372 g/mol. The van der Waals surface area contributed by atoms with Crippen LogP contribution in [-0.2, 0) is 9.53 Å². The van der Waals surface area contributed by atoms with E-state index in [0.29, 0.717) is 0 Å². The number of rotatable bonds is 8. The number of nitro groups is 2. The van der Waals surface area contributed by atoms with Crippen LogP contribution in [0.1, 0.15) is 17.9 Å². The van der Waals surface area contributed by atoms with Crippen molar-refractivity contribution < 1.29 is 19.4 Å². The van der Waals surface area contributed by atoms with Gasteiger partial charge in [0.1, 0.15) is 5.69 Å². The number of carbonyl (C=O) groups is 1. The zero-order valence-corrected chi connectivity index (χ0v) is 14.3. The van der Waals surface area contributed by atoms with Crippen molar-refractivity contribution >= 4 is 29.2 Å². The van der Waals surface area contributed by atoms with Crippen molar-refractivity contribution in [2.75, 3.05) is 12.5 Å². The van der Waals surface area contributed by atoms with E-state index < -0.39 is 33.1 Å². The smallest absolute Gasteiger partial charge is 0.313 e. The molecule has 1 atom stereocenters. The minimum absolute atomic E-state index is 0.00354. The number of non-ortho nitro benzene ring substituents is 1. The summed E-state index contributed by atoms with van der Waals surface area (Å²) in [6.45, 7) is 0. The van der Waals surface area contributed by atoms with Gasteiger partial charge in [-0.15, -0.1) is 0 Å². The molecule has 0 saturated heterocycles. The molecule has 0 radical (unpaired) electrons. The van der Waals surface area contributed by atoms with Crippen molar-refractivity contribution in [2.45, 2.75) is 12.3 Å². The van der Waals surface area contributed by atoms with Gasteiger partial charge in [-0.05, 0) is 11.6 Å². The molecule has 0 amide bonds. The van der Waals surface area contributed by atoms with E-state index in [-0.39, 0.29) is 12.1 Å². The Morgan fingerprint density at radius 2 is 1.89 bits per heavy atom. The SMILES string of the molecule is COC(=O)C(CC=NNc1ccc([N+](=O)[O-])cc1[N+](=O)[O-])c1ccccc1. The third kappa shape index (κ3) is 5.08. The van der Waals surface area contributed by atoms with E-state index in [1.165, 1.54) is 19.4 Å². The molecular weight excluding hydrogens is 356 g/mol. The van der Waals surface area contributed by atoms with Crippen LogP contribution in [-0.4, -0.2) is 29.1 Å². The zero-order valence-electron chi connectivity index (χ0n) is 14.3. The third-order valence-electron chi connectivity index (χ3n) is 3.69. The lowest BCUT2D eigenvalue weighted by Gasteiger charge is -2.12. The van der Waals surface area contributed by atoms with Gasteiger partial charge in [-0.3, -0.25) is 30.4 Å². The van der Waals surface area contributed by atoms with Crippen LogP contribution in [0.25, 0.3) is 0 Å². The molecule has 0 aromatic heterocycles. The second-order valence-electron chi connectivity index (χ2n) is 5.36. The van der Waals surface area contributed by atoms with Crippen LogP contribution in [0.15, 0.2) is 53.6 Å². The highest BCUT2D eigenvalue weighted by Crippen LogP contribution is 2.29. The first-order valence-corrected chi connectivity index (χ1v) is 7.77. The highest BCUT2D eigenvalue weighted by molar-refractivity contribution is 5.82. The van der Waals surface area contributed by atoms with Crippen LogP contribution < -0.4 is 5.43 Å². The molecule has 0 aliphatic heterocycles. The Balaban J connectivity index is 2.13. The molecular formula is C17H16N4O6. The van der Waals surface area contributed by atoms with Gasteiger partial charge < -0.3 is 4.74 Å². The van der Waals surface area contributed by atoms with Gasteiger partial charge in [0.15, 0.2) is 0 Å². The topological polar surface area (TPSA) is 137 Å². The minimum Gasteiger partial charge on any atom is -0.469 e. The summed E-state index contributed by atoms with van der Waals surface area (Å²) < 4.78 is 4.79. The summed E-state index contributed by atoms with van der Waals surface area (Å²) in [5, 5.41) is 25.7. The van der Waals surface area contributed by atoms with Crippen molar-refractivity contribution in [2.24, 2.45) is 5.10 Å². The maximum absolute atomic E-state index is 12.0. The summed E-state index contributed by atoms with van der Waals surface area (Å²) in [6.07, 6.45) is 1.59. The van der Waals surface area contributed by atoms with Crippen molar-refractivity contribution in [3.05, 3.63) is 74.3 Å². The number of nitrogens with one attached hydrogen (secondary N) is 1. The Bertz CT molecular complexity index is 869. The van der Waals surface area contributed by atoms with E-state index in [0.717, 1.165) is 17.7 Å². The Morgan fingerprint density at radius 3 is 2.48 bits per heavy atom. The molecule has 10 nitrogen and oxygen atoms in total. The normalized spacial score (nSPS) is 11.7. The lowest BCUT2D eigenvalue weighted by molar-refractivity contribution is -0.393. The standard InChI is InChI=1S/C17H16N4O6/c1-27-17(22)14(12-5-3-2-4-6-12)9-10-18-19-15-8-7-13(20(23)24)11-16(15)21(25)26/h2-8,10-11,14,19H,9H2,1H3. The summed E-state index contributed by atoms with van der Waals surface area (Å²) in [7, 11) is 1.29. The second kappa shape index (κ2) is 9.04. The molecule has 0 aliphatic carbocycles. The Labute approximate surface area is 153 Å². The molecule has 2 aromatic carbocycles. The fourth-order valence-electron chi connectivity index (χ4n) is 2.35. The highest BCUT2D eigenvalue weighted by atomic mass is 16.6. The number of anilines is 1. The van der Waals surface area contributed by atoms with Gasteiger partial charge in [-0.1, -0.05) is 30.3 Å². The minimum atomic E-state index is -0.744. The Kier molecular flexibility index (Phi) is 6.53. The van der Waals surface area contributed by atoms with Gasteiger partial charge in [-0.25, -0.2) is 0 Å². The van der Waals surface area contributed by atoms with Gasteiger partial charge in [0.05, 0.1) is 28.9 Å². The molecule has 0 heterocycles. The maximum atomic E-state index is 12.0. The summed E-state index contributed by atoms with van der Waals surface area (Å²) in [4.78, 5) is 32.3. The van der Waals surface area contributed by atoms with Crippen molar-refractivity contribution in [3.8, 4) is 0 Å². The average Bonchev–Trinajstić information content (AvgIpc) is 2.67. The number of nitro benzene ring substituents is 2. The molecule has 10 heteroatoms. The van der Waals surface area contributed by atoms with E-state index in [1.807, 2.05) is 6.07 Å². The molecule has 0 fully saturated rings. The summed E-state index contributed by atoms with van der Waals surface area (Å²) in [5.74, 6) is -1.01. The fraction of sp³-hybridized carbons (Fsp3) is 0.176. The number of methoxy groups -OCH3 is 1. The molecule has 2 aromatic rings. The Morgan fingerprint density at radius 1 is 1.19 bits per heavy atom. The first kappa shape index (κ1) is 19.5.